The van der Waals surface area contributed by atoms with E-state index in [9.17, 15) is 9.18 Å². The number of pyridine rings is 1. The first kappa shape index (κ1) is 11.8. The topological polar surface area (TPSA) is 42.0 Å². The van der Waals surface area contributed by atoms with Gasteiger partial charge in [0.2, 0.25) is 5.95 Å². The van der Waals surface area contributed by atoms with Crippen LogP contribution in [0.5, 0.6) is 0 Å². The van der Waals surface area contributed by atoms with Gasteiger partial charge in [0, 0.05) is 29.8 Å². The normalized spacial score (nSPS) is 20.9. The van der Waals surface area contributed by atoms with Gasteiger partial charge in [0.15, 0.2) is 0 Å². The van der Waals surface area contributed by atoms with Crippen molar-refractivity contribution in [2.24, 2.45) is 0 Å². The molecule has 0 spiro atoms. The number of nitrogens with zero attached hydrogens (tertiary/aromatic N) is 1. The van der Waals surface area contributed by atoms with Crippen LogP contribution in [-0.4, -0.2) is 16.9 Å². The highest BCUT2D eigenvalue weighted by Crippen LogP contribution is 2.40. The third-order valence-electron chi connectivity index (χ3n) is 3.32. The standard InChI is InChI=1S/C15H13FN2O/c16-14-8-11(6-7-17-14)15(19)18-13-9-12(13)10-4-2-1-3-5-10/h1-8,12-13H,9H2,(H,18,19). The Hall–Kier alpha value is -2.23. The quantitative estimate of drug-likeness (QED) is 0.857. The fraction of sp³-hybridized carbons (Fsp3) is 0.200. The summed E-state index contributed by atoms with van der Waals surface area (Å²) < 4.78 is 12.9. The van der Waals surface area contributed by atoms with Crippen LogP contribution in [0.1, 0.15) is 28.3 Å². The number of carbonyl (C=O) groups is 1. The Balaban J connectivity index is 1.64. The van der Waals surface area contributed by atoms with E-state index in [2.05, 4.69) is 22.4 Å². The maximum Gasteiger partial charge on any atom is 0.251 e. The van der Waals surface area contributed by atoms with Gasteiger partial charge in [-0.3, -0.25) is 4.79 Å². The zero-order valence-electron chi connectivity index (χ0n) is 10.2. The molecular formula is C15H13FN2O. The molecule has 1 heterocycles. The van der Waals surface area contributed by atoms with Crippen LogP contribution in [0.25, 0.3) is 0 Å². The summed E-state index contributed by atoms with van der Waals surface area (Å²) in [5, 5.41) is 2.91. The molecule has 0 radical (unpaired) electrons. The summed E-state index contributed by atoms with van der Waals surface area (Å²) in [6.45, 7) is 0. The zero-order valence-corrected chi connectivity index (χ0v) is 10.2. The number of aromatic nitrogens is 1. The summed E-state index contributed by atoms with van der Waals surface area (Å²) in [5.41, 5.74) is 1.54. The Labute approximate surface area is 110 Å². The smallest absolute Gasteiger partial charge is 0.251 e. The molecule has 2 atom stereocenters. The minimum absolute atomic E-state index is 0.145. The Morgan fingerprint density at radius 1 is 1.26 bits per heavy atom. The summed E-state index contributed by atoms with van der Waals surface area (Å²) in [6, 6.07) is 12.9. The lowest BCUT2D eigenvalue weighted by Crippen LogP contribution is -2.26. The molecule has 3 rings (SSSR count). The van der Waals surface area contributed by atoms with E-state index in [4.69, 9.17) is 0 Å². The van der Waals surface area contributed by atoms with Crippen LogP contribution in [0.2, 0.25) is 0 Å². The van der Waals surface area contributed by atoms with Crippen molar-refractivity contribution in [2.45, 2.75) is 18.4 Å². The first-order chi connectivity index (χ1) is 9.24. The molecule has 4 heteroatoms. The Morgan fingerprint density at radius 3 is 2.79 bits per heavy atom. The van der Waals surface area contributed by atoms with Crippen LogP contribution < -0.4 is 5.32 Å². The maximum absolute atomic E-state index is 12.9. The molecule has 1 fully saturated rings. The number of hydrogen-bond donors (Lipinski definition) is 1. The molecule has 19 heavy (non-hydrogen) atoms. The van der Waals surface area contributed by atoms with Crippen molar-refractivity contribution in [3.05, 3.63) is 65.7 Å². The Morgan fingerprint density at radius 2 is 2.05 bits per heavy atom. The fourth-order valence-corrected chi connectivity index (χ4v) is 2.22. The van der Waals surface area contributed by atoms with Crippen LogP contribution >= 0.6 is 0 Å². The molecule has 1 saturated carbocycles. The zero-order chi connectivity index (χ0) is 13.2. The number of halogens is 1. The van der Waals surface area contributed by atoms with Crippen molar-refractivity contribution < 1.29 is 9.18 Å². The van der Waals surface area contributed by atoms with Crippen LogP contribution in [0.4, 0.5) is 4.39 Å². The molecule has 1 N–H and O–H groups in total. The van der Waals surface area contributed by atoms with E-state index in [1.165, 1.54) is 17.8 Å². The summed E-state index contributed by atoms with van der Waals surface area (Å²) in [6.07, 6.45) is 2.23. The fourth-order valence-electron chi connectivity index (χ4n) is 2.22. The molecule has 1 aromatic carbocycles. The molecule has 1 amide bonds. The van der Waals surface area contributed by atoms with Crippen molar-refractivity contribution in [2.75, 3.05) is 0 Å². The number of benzene rings is 1. The highest BCUT2D eigenvalue weighted by Gasteiger charge is 2.39. The monoisotopic (exact) mass is 256 g/mol. The molecular weight excluding hydrogens is 243 g/mol. The average Bonchev–Trinajstić information content (AvgIpc) is 3.19. The van der Waals surface area contributed by atoms with E-state index in [0.717, 1.165) is 12.5 Å². The van der Waals surface area contributed by atoms with E-state index in [1.54, 1.807) is 0 Å². The lowest BCUT2D eigenvalue weighted by atomic mass is 10.1. The lowest BCUT2D eigenvalue weighted by molar-refractivity contribution is 0.0949. The number of rotatable bonds is 3. The minimum Gasteiger partial charge on any atom is -0.349 e. The molecule has 1 aliphatic rings. The largest absolute Gasteiger partial charge is 0.349 e. The highest BCUT2D eigenvalue weighted by atomic mass is 19.1. The van der Waals surface area contributed by atoms with Gasteiger partial charge >= 0.3 is 0 Å². The van der Waals surface area contributed by atoms with Gasteiger partial charge in [0.25, 0.3) is 5.91 Å². The van der Waals surface area contributed by atoms with Crippen LogP contribution in [0.15, 0.2) is 48.7 Å². The molecule has 96 valence electrons. The lowest BCUT2D eigenvalue weighted by Gasteiger charge is -2.04. The number of amides is 1. The van der Waals surface area contributed by atoms with Crippen molar-refractivity contribution in [3.63, 3.8) is 0 Å². The highest BCUT2D eigenvalue weighted by molar-refractivity contribution is 5.94. The van der Waals surface area contributed by atoms with Gasteiger partial charge < -0.3 is 5.32 Å². The molecule has 1 aliphatic carbocycles. The second kappa shape index (κ2) is 4.80. The first-order valence-electron chi connectivity index (χ1n) is 6.21. The summed E-state index contributed by atoms with van der Waals surface area (Å²) in [7, 11) is 0. The molecule has 2 aromatic rings. The SMILES string of the molecule is O=C(NC1CC1c1ccccc1)c1ccnc(F)c1. The third-order valence-corrected chi connectivity index (χ3v) is 3.32. The van der Waals surface area contributed by atoms with Gasteiger partial charge in [-0.25, -0.2) is 4.98 Å². The van der Waals surface area contributed by atoms with Crippen molar-refractivity contribution in [3.8, 4) is 0 Å². The summed E-state index contributed by atoms with van der Waals surface area (Å²) in [5.74, 6) is -0.510. The molecule has 3 nitrogen and oxygen atoms in total. The van der Waals surface area contributed by atoms with Crippen LogP contribution in [-0.2, 0) is 0 Å². The van der Waals surface area contributed by atoms with Crippen LogP contribution in [0.3, 0.4) is 0 Å². The van der Waals surface area contributed by atoms with Gasteiger partial charge in [-0.05, 0) is 18.1 Å². The molecule has 2 unspecified atom stereocenters. The maximum atomic E-state index is 12.9. The molecule has 0 saturated heterocycles. The Kier molecular flexibility index (Phi) is 2.99. The van der Waals surface area contributed by atoms with Gasteiger partial charge in [-0.2, -0.15) is 4.39 Å². The second-order valence-electron chi connectivity index (χ2n) is 4.70. The van der Waals surface area contributed by atoms with Gasteiger partial charge in [-0.1, -0.05) is 30.3 Å². The van der Waals surface area contributed by atoms with E-state index in [0.29, 0.717) is 11.5 Å². The van der Waals surface area contributed by atoms with E-state index in [-0.39, 0.29) is 11.9 Å². The first-order valence-corrected chi connectivity index (χ1v) is 6.21. The van der Waals surface area contributed by atoms with Crippen molar-refractivity contribution in [1.29, 1.82) is 0 Å². The average molecular weight is 256 g/mol. The predicted molar refractivity (Wildman–Crippen MR) is 69.2 cm³/mol. The van der Waals surface area contributed by atoms with E-state index >= 15 is 0 Å². The molecule has 0 aliphatic heterocycles. The van der Waals surface area contributed by atoms with Crippen LogP contribution in [0, 0.1) is 5.95 Å². The number of nitrogens with one attached hydrogen (secondary N) is 1. The second-order valence-corrected chi connectivity index (χ2v) is 4.70. The van der Waals surface area contributed by atoms with Gasteiger partial charge in [0.05, 0.1) is 0 Å². The summed E-state index contributed by atoms with van der Waals surface area (Å²) >= 11 is 0. The number of carbonyl (C=O) groups excluding carboxylic acids is 1. The predicted octanol–water partition coefficient (Wildman–Crippen LogP) is 2.51. The van der Waals surface area contributed by atoms with Crippen molar-refractivity contribution in [1.82, 2.24) is 10.3 Å². The minimum atomic E-state index is -0.636. The van der Waals surface area contributed by atoms with E-state index in [1.807, 2.05) is 18.2 Å². The van der Waals surface area contributed by atoms with Gasteiger partial charge in [0.1, 0.15) is 0 Å². The van der Waals surface area contributed by atoms with E-state index < -0.39 is 5.95 Å². The molecule has 0 bridgehead atoms. The summed E-state index contributed by atoms with van der Waals surface area (Å²) in [4.78, 5) is 15.4. The Bertz CT molecular complexity index is 600. The third kappa shape index (κ3) is 2.62. The number of hydrogen-bond acceptors (Lipinski definition) is 2. The van der Waals surface area contributed by atoms with Gasteiger partial charge in [-0.15, -0.1) is 0 Å². The molecule has 1 aromatic heterocycles. The van der Waals surface area contributed by atoms with Crippen molar-refractivity contribution >= 4 is 5.91 Å².